The van der Waals surface area contributed by atoms with Crippen LogP contribution in [0.5, 0.6) is 0 Å². The van der Waals surface area contributed by atoms with Crippen LogP contribution in [0, 0.1) is 0 Å². The summed E-state index contributed by atoms with van der Waals surface area (Å²) in [6.45, 7) is 5.52. The number of nitrogens with zero attached hydrogens (tertiary/aromatic N) is 4. The van der Waals surface area contributed by atoms with Crippen molar-refractivity contribution >= 4 is 17.7 Å². The monoisotopic (exact) mass is 370 g/mol. The van der Waals surface area contributed by atoms with Crippen molar-refractivity contribution in [2.75, 3.05) is 13.1 Å². The van der Waals surface area contributed by atoms with Crippen LogP contribution in [0.15, 0.2) is 35.5 Å². The molecule has 1 atom stereocenters. The standard InChI is InChI=1S/C20H26N4OS/c1-3-23(4-2)19(25)17(14-8-6-5-7-9-14)26-20-22-21-18(15-10-11-15)24(20)16-12-13-16/h5-9,15-17H,3-4,10-13H2,1-2H3/t17-/m0/s1. The first-order chi connectivity index (χ1) is 12.7. The molecule has 1 amide bonds. The summed E-state index contributed by atoms with van der Waals surface area (Å²) in [4.78, 5) is 15.1. The Balaban J connectivity index is 1.66. The van der Waals surface area contributed by atoms with Crippen molar-refractivity contribution in [1.29, 1.82) is 0 Å². The Kier molecular flexibility index (Phi) is 5.02. The average molecular weight is 371 g/mol. The summed E-state index contributed by atoms with van der Waals surface area (Å²) in [5.41, 5.74) is 1.03. The van der Waals surface area contributed by atoms with Crippen LogP contribution in [-0.2, 0) is 4.79 Å². The quantitative estimate of drug-likeness (QED) is 0.654. The number of carbonyl (C=O) groups is 1. The van der Waals surface area contributed by atoms with Crippen LogP contribution < -0.4 is 0 Å². The van der Waals surface area contributed by atoms with E-state index >= 15 is 0 Å². The average Bonchev–Trinajstić information content (AvgIpc) is 3.60. The summed E-state index contributed by atoms with van der Waals surface area (Å²) in [5.74, 6) is 1.87. The van der Waals surface area contributed by atoms with Crippen LogP contribution in [-0.4, -0.2) is 38.7 Å². The maximum Gasteiger partial charge on any atom is 0.240 e. The molecule has 0 bridgehead atoms. The summed E-state index contributed by atoms with van der Waals surface area (Å²) in [7, 11) is 0. The largest absolute Gasteiger partial charge is 0.342 e. The van der Waals surface area contributed by atoms with Crippen molar-refractivity contribution in [2.24, 2.45) is 0 Å². The molecular weight excluding hydrogens is 344 g/mol. The van der Waals surface area contributed by atoms with Gasteiger partial charge in [-0.2, -0.15) is 0 Å². The molecule has 2 aromatic rings. The fourth-order valence-corrected chi connectivity index (χ4v) is 4.56. The van der Waals surface area contributed by atoms with E-state index in [4.69, 9.17) is 0 Å². The normalized spacial score (nSPS) is 17.9. The van der Waals surface area contributed by atoms with E-state index in [9.17, 15) is 4.79 Å². The Labute approximate surface area is 159 Å². The Bertz CT molecular complexity index is 763. The minimum atomic E-state index is -0.273. The molecule has 1 heterocycles. The summed E-state index contributed by atoms with van der Waals surface area (Å²) in [5, 5.41) is 9.63. The van der Waals surface area contributed by atoms with E-state index in [0.717, 1.165) is 29.6 Å². The number of hydrogen-bond donors (Lipinski definition) is 0. The molecule has 1 aromatic carbocycles. The summed E-state index contributed by atoms with van der Waals surface area (Å²) in [6.07, 6.45) is 4.84. The molecular formula is C20H26N4OS. The highest BCUT2D eigenvalue weighted by Gasteiger charge is 2.38. The highest BCUT2D eigenvalue weighted by molar-refractivity contribution is 8.00. The predicted molar refractivity (Wildman–Crippen MR) is 103 cm³/mol. The van der Waals surface area contributed by atoms with Gasteiger partial charge in [0.25, 0.3) is 0 Å². The van der Waals surface area contributed by atoms with Gasteiger partial charge in [-0.15, -0.1) is 10.2 Å². The number of likely N-dealkylation sites (N-methyl/N-ethyl adjacent to an activating group) is 1. The van der Waals surface area contributed by atoms with Gasteiger partial charge >= 0.3 is 0 Å². The van der Waals surface area contributed by atoms with Crippen LogP contribution >= 0.6 is 11.8 Å². The van der Waals surface area contributed by atoms with E-state index in [0.29, 0.717) is 12.0 Å². The molecule has 0 N–H and O–H groups in total. The predicted octanol–water partition coefficient (Wildman–Crippen LogP) is 4.19. The third kappa shape index (κ3) is 3.52. The first kappa shape index (κ1) is 17.6. The number of carbonyl (C=O) groups excluding carboxylic acids is 1. The molecule has 26 heavy (non-hydrogen) atoms. The third-order valence-electron chi connectivity index (χ3n) is 5.17. The molecule has 0 saturated heterocycles. The lowest BCUT2D eigenvalue weighted by atomic mass is 10.1. The van der Waals surface area contributed by atoms with Gasteiger partial charge in [0, 0.05) is 25.0 Å². The zero-order chi connectivity index (χ0) is 18.1. The van der Waals surface area contributed by atoms with Gasteiger partial charge in [0.1, 0.15) is 11.1 Å². The van der Waals surface area contributed by atoms with Gasteiger partial charge in [-0.3, -0.25) is 4.79 Å². The molecule has 1 aromatic heterocycles. The van der Waals surface area contributed by atoms with Gasteiger partial charge in [0.05, 0.1) is 0 Å². The van der Waals surface area contributed by atoms with Crippen molar-refractivity contribution in [1.82, 2.24) is 19.7 Å². The summed E-state index contributed by atoms with van der Waals surface area (Å²) >= 11 is 1.57. The lowest BCUT2D eigenvalue weighted by molar-refractivity contribution is -0.130. The lowest BCUT2D eigenvalue weighted by Crippen LogP contribution is -2.34. The second-order valence-corrected chi connectivity index (χ2v) is 8.21. The minimum absolute atomic E-state index is 0.157. The van der Waals surface area contributed by atoms with Crippen molar-refractivity contribution in [2.45, 2.75) is 61.9 Å². The minimum Gasteiger partial charge on any atom is -0.342 e. The molecule has 2 fully saturated rings. The van der Waals surface area contributed by atoms with Crippen LogP contribution in [0.1, 0.15) is 68.1 Å². The van der Waals surface area contributed by atoms with Crippen molar-refractivity contribution in [3.8, 4) is 0 Å². The number of hydrogen-bond acceptors (Lipinski definition) is 4. The fourth-order valence-electron chi connectivity index (χ4n) is 3.36. The van der Waals surface area contributed by atoms with Crippen molar-refractivity contribution in [3.05, 3.63) is 41.7 Å². The number of amides is 1. The van der Waals surface area contributed by atoms with Gasteiger partial charge in [-0.1, -0.05) is 42.1 Å². The fraction of sp³-hybridized carbons (Fsp3) is 0.550. The smallest absolute Gasteiger partial charge is 0.240 e. The van der Waals surface area contributed by atoms with Crippen LogP contribution in [0.2, 0.25) is 0 Å². The molecule has 0 radical (unpaired) electrons. The van der Waals surface area contributed by atoms with Gasteiger partial charge in [0.15, 0.2) is 5.16 Å². The van der Waals surface area contributed by atoms with Gasteiger partial charge in [0.2, 0.25) is 5.91 Å². The molecule has 5 nitrogen and oxygen atoms in total. The first-order valence-corrected chi connectivity index (χ1v) is 10.6. The highest BCUT2D eigenvalue weighted by Crippen LogP contribution is 2.47. The number of aromatic nitrogens is 3. The van der Waals surface area contributed by atoms with Crippen LogP contribution in [0.4, 0.5) is 0 Å². The molecule has 4 rings (SSSR count). The Morgan fingerprint density at radius 3 is 2.42 bits per heavy atom. The number of benzene rings is 1. The maximum atomic E-state index is 13.2. The Morgan fingerprint density at radius 2 is 1.85 bits per heavy atom. The Hall–Kier alpha value is -1.82. The second kappa shape index (κ2) is 7.43. The van der Waals surface area contributed by atoms with E-state index in [1.807, 2.05) is 49.1 Å². The van der Waals surface area contributed by atoms with Crippen molar-refractivity contribution in [3.63, 3.8) is 0 Å². The van der Waals surface area contributed by atoms with Gasteiger partial charge < -0.3 is 9.47 Å². The van der Waals surface area contributed by atoms with Crippen LogP contribution in [0.25, 0.3) is 0 Å². The van der Waals surface area contributed by atoms with Crippen LogP contribution in [0.3, 0.4) is 0 Å². The molecule has 0 unspecified atom stereocenters. The van der Waals surface area contributed by atoms with E-state index in [1.54, 1.807) is 11.8 Å². The molecule has 2 aliphatic rings. The zero-order valence-electron chi connectivity index (χ0n) is 15.5. The SMILES string of the molecule is CCN(CC)C(=O)[C@@H](Sc1nnc(C2CC2)n1C1CC1)c1ccccc1. The van der Waals surface area contributed by atoms with Crippen molar-refractivity contribution < 1.29 is 4.79 Å². The molecule has 0 aliphatic heterocycles. The molecule has 0 spiro atoms. The van der Waals surface area contributed by atoms with E-state index in [1.165, 1.54) is 25.7 Å². The molecule has 2 aliphatic carbocycles. The Morgan fingerprint density at radius 1 is 1.15 bits per heavy atom. The summed E-state index contributed by atoms with van der Waals surface area (Å²) < 4.78 is 2.33. The van der Waals surface area contributed by atoms with E-state index < -0.39 is 0 Å². The highest BCUT2D eigenvalue weighted by atomic mass is 32.2. The second-order valence-electron chi connectivity index (χ2n) is 7.14. The number of thioether (sulfide) groups is 1. The first-order valence-electron chi connectivity index (χ1n) is 9.68. The zero-order valence-corrected chi connectivity index (χ0v) is 16.3. The third-order valence-corrected chi connectivity index (χ3v) is 6.37. The molecule has 2 saturated carbocycles. The maximum absolute atomic E-state index is 13.2. The van der Waals surface area contributed by atoms with E-state index in [2.05, 4.69) is 14.8 Å². The van der Waals surface area contributed by atoms with Gasteiger partial charge in [-0.25, -0.2) is 0 Å². The molecule has 138 valence electrons. The molecule has 6 heteroatoms. The summed E-state index contributed by atoms with van der Waals surface area (Å²) in [6, 6.07) is 10.6. The topological polar surface area (TPSA) is 51.0 Å². The lowest BCUT2D eigenvalue weighted by Gasteiger charge is -2.25. The van der Waals surface area contributed by atoms with E-state index in [-0.39, 0.29) is 11.2 Å². The number of rotatable bonds is 8. The van der Waals surface area contributed by atoms with Gasteiger partial charge in [-0.05, 0) is 45.1 Å².